The molecule has 0 saturated carbocycles. The second-order valence-corrected chi connectivity index (χ2v) is 6.42. The van der Waals surface area contributed by atoms with Crippen molar-refractivity contribution in [2.24, 2.45) is 5.41 Å². The van der Waals surface area contributed by atoms with Crippen LogP contribution in [0.2, 0.25) is 0 Å². The van der Waals surface area contributed by atoms with Gasteiger partial charge >= 0.3 is 0 Å². The van der Waals surface area contributed by atoms with Gasteiger partial charge in [0.1, 0.15) is 0 Å². The van der Waals surface area contributed by atoms with Crippen LogP contribution in [0.4, 0.5) is 0 Å². The van der Waals surface area contributed by atoms with Gasteiger partial charge in [-0.25, -0.2) is 0 Å². The molecule has 0 fully saturated rings. The maximum absolute atomic E-state index is 3.95. The van der Waals surface area contributed by atoms with Gasteiger partial charge < -0.3 is 0 Å². The van der Waals surface area contributed by atoms with Crippen molar-refractivity contribution in [2.45, 2.75) is 54.4 Å². The van der Waals surface area contributed by atoms with E-state index in [0.29, 0.717) is 0 Å². The molecule has 0 aliphatic carbocycles. The molecule has 114 valence electrons. The Morgan fingerprint density at radius 1 is 1.14 bits per heavy atom. The summed E-state index contributed by atoms with van der Waals surface area (Å²) in [5.74, 6) is 0. The fourth-order valence-electron chi connectivity index (χ4n) is 2.45. The van der Waals surface area contributed by atoms with Crippen LogP contribution in [0.15, 0.2) is 54.1 Å². The lowest BCUT2D eigenvalue weighted by molar-refractivity contribution is 0.440. The molecule has 0 radical (unpaired) electrons. The molecule has 0 atom stereocenters. The number of hydrogen-bond donors (Lipinski definition) is 0. The smallest absolute Gasteiger partial charge is 0.0103 e. The standard InChI is InChI=1S/C21H30/c1-8-18(9-2)15-20(21(6,7)10-3)17(5)19-13-11-16(4)12-14-19/h8,11-15H,1,9-10H2,2-7H3/b18-15+,20-17-. The molecule has 1 aromatic rings. The summed E-state index contributed by atoms with van der Waals surface area (Å²) in [6.07, 6.45) is 6.46. The molecule has 21 heavy (non-hydrogen) atoms. The highest BCUT2D eigenvalue weighted by Crippen LogP contribution is 2.37. The van der Waals surface area contributed by atoms with Gasteiger partial charge in [-0.15, -0.1) is 0 Å². The van der Waals surface area contributed by atoms with E-state index in [4.69, 9.17) is 0 Å². The van der Waals surface area contributed by atoms with Crippen LogP contribution in [-0.4, -0.2) is 0 Å². The zero-order chi connectivity index (χ0) is 16.0. The average molecular weight is 282 g/mol. The highest BCUT2D eigenvalue weighted by atomic mass is 14.3. The number of aryl methyl sites for hydroxylation is 1. The Morgan fingerprint density at radius 3 is 2.14 bits per heavy atom. The average Bonchev–Trinajstić information content (AvgIpc) is 2.48. The molecular weight excluding hydrogens is 252 g/mol. The van der Waals surface area contributed by atoms with Crippen LogP contribution in [0.3, 0.4) is 0 Å². The molecule has 0 bridgehead atoms. The second-order valence-electron chi connectivity index (χ2n) is 6.42. The van der Waals surface area contributed by atoms with E-state index in [0.717, 1.165) is 12.8 Å². The summed E-state index contributed by atoms with van der Waals surface area (Å²) in [5, 5.41) is 0. The van der Waals surface area contributed by atoms with Crippen LogP contribution in [0.5, 0.6) is 0 Å². The molecule has 1 aromatic carbocycles. The molecule has 0 heterocycles. The fraction of sp³-hybridized carbons (Fsp3) is 0.429. The van der Waals surface area contributed by atoms with E-state index < -0.39 is 0 Å². The van der Waals surface area contributed by atoms with Gasteiger partial charge in [0, 0.05) is 0 Å². The van der Waals surface area contributed by atoms with Crippen molar-refractivity contribution in [1.29, 1.82) is 0 Å². The van der Waals surface area contributed by atoms with Gasteiger partial charge in [-0.1, -0.05) is 76.3 Å². The van der Waals surface area contributed by atoms with Crippen molar-refractivity contribution in [3.8, 4) is 0 Å². The summed E-state index contributed by atoms with van der Waals surface area (Å²) in [6.45, 7) is 17.4. The Bertz CT molecular complexity index is 536. The first-order valence-electron chi connectivity index (χ1n) is 7.97. The monoisotopic (exact) mass is 282 g/mol. The first kappa shape index (κ1) is 17.5. The lowest BCUT2D eigenvalue weighted by atomic mass is 9.77. The van der Waals surface area contributed by atoms with Crippen molar-refractivity contribution < 1.29 is 0 Å². The summed E-state index contributed by atoms with van der Waals surface area (Å²) in [5.41, 5.74) is 6.88. The van der Waals surface area contributed by atoms with Gasteiger partial charge in [-0.3, -0.25) is 0 Å². The quantitative estimate of drug-likeness (QED) is 0.507. The number of hydrogen-bond acceptors (Lipinski definition) is 0. The van der Waals surface area contributed by atoms with E-state index in [2.05, 4.69) is 78.5 Å². The number of rotatable bonds is 6. The van der Waals surface area contributed by atoms with Crippen LogP contribution in [0.25, 0.3) is 5.57 Å². The Balaban J connectivity index is 3.47. The summed E-state index contributed by atoms with van der Waals surface area (Å²) < 4.78 is 0. The topological polar surface area (TPSA) is 0 Å². The normalized spacial score (nSPS) is 13.9. The molecule has 0 amide bonds. The minimum absolute atomic E-state index is 0.165. The summed E-state index contributed by atoms with van der Waals surface area (Å²) in [4.78, 5) is 0. The molecular formula is C21H30. The third-order valence-electron chi connectivity index (χ3n) is 4.50. The molecule has 0 nitrogen and oxygen atoms in total. The zero-order valence-electron chi connectivity index (χ0n) is 14.6. The molecule has 0 unspecified atom stereocenters. The Labute approximate surface area is 131 Å². The lowest BCUT2D eigenvalue weighted by Crippen LogP contribution is -2.14. The van der Waals surface area contributed by atoms with Gasteiger partial charge in [-0.2, -0.15) is 0 Å². The zero-order valence-corrected chi connectivity index (χ0v) is 14.6. The van der Waals surface area contributed by atoms with Crippen LogP contribution >= 0.6 is 0 Å². The van der Waals surface area contributed by atoms with Crippen LogP contribution in [0, 0.1) is 12.3 Å². The summed E-state index contributed by atoms with van der Waals surface area (Å²) in [6, 6.07) is 8.83. The lowest BCUT2D eigenvalue weighted by Gasteiger charge is -2.28. The first-order chi connectivity index (χ1) is 9.85. The molecule has 0 aromatic heterocycles. The third-order valence-corrected chi connectivity index (χ3v) is 4.50. The first-order valence-corrected chi connectivity index (χ1v) is 7.97. The minimum atomic E-state index is 0.165. The van der Waals surface area contributed by atoms with Gasteiger partial charge in [0.25, 0.3) is 0 Å². The van der Waals surface area contributed by atoms with Crippen LogP contribution in [-0.2, 0) is 0 Å². The Hall–Kier alpha value is -1.56. The predicted molar refractivity (Wildman–Crippen MR) is 96.4 cm³/mol. The van der Waals surface area contributed by atoms with Crippen LogP contribution in [0.1, 0.15) is 58.6 Å². The van der Waals surface area contributed by atoms with Crippen molar-refractivity contribution >= 4 is 5.57 Å². The maximum Gasteiger partial charge on any atom is -0.0103 e. The third kappa shape index (κ3) is 4.46. The largest absolute Gasteiger partial charge is 0.0988 e. The van der Waals surface area contributed by atoms with E-state index in [-0.39, 0.29) is 5.41 Å². The highest BCUT2D eigenvalue weighted by Gasteiger charge is 2.22. The highest BCUT2D eigenvalue weighted by molar-refractivity contribution is 5.71. The number of benzene rings is 1. The van der Waals surface area contributed by atoms with E-state index >= 15 is 0 Å². The summed E-state index contributed by atoms with van der Waals surface area (Å²) >= 11 is 0. The maximum atomic E-state index is 3.95. The molecule has 0 spiro atoms. The van der Waals surface area contributed by atoms with Gasteiger partial charge in [0.05, 0.1) is 0 Å². The molecule has 0 heteroatoms. The van der Waals surface area contributed by atoms with E-state index in [1.807, 2.05) is 6.08 Å². The number of allylic oxidation sites excluding steroid dienone is 5. The van der Waals surface area contributed by atoms with E-state index in [1.165, 1.54) is 27.8 Å². The summed E-state index contributed by atoms with van der Waals surface area (Å²) in [7, 11) is 0. The van der Waals surface area contributed by atoms with Crippen LogP contribution < -0.4 is 0 Å². The second kappa shape index (κ2) is 7.45. The predicted octanol–water partition coefficient (Wildman–Crippen LogP) is 6.73. The molecule has 0 N–H and O–H groups in total. The Morgan fingerprint density at radius 2 is 1.71 bits per heavy atom. The SMILES string of the molecule is C=C/C(=C\C(=C(/C)c1ccc(C)cc1)C(C)(C)CC)CC. The van der Waals surface area contributed by atoms with E-state index in [9.17, 15) is 0 Å². The molecule has 0 saturated heterocycles. The van der Waals surface area contributed by atoms with Gasteiger partial charge in [0.2, 0.25) is 0 Å². The Kier molecular flexibility index (Phi) is 6.20. The van der Waals surface area contributed by atoms with Gasteiger partial charge in [0.15, 0.2) is 0 Å². The fourth-order valence-corrected chi connectivity index (χ4v) is 2.45. The van der Waals surface area contributed by atoms with Crippen molar-refractivity contribution in [1.82, 2.24) is 0 Å². The van der Waals surface area contributed by atoms with Gasteiger partial charge in [-0.05, 0) is 54.4 Å². The van der Waals surface area contributed by atoms with Crippen molar-refractivity contribution in [3.05, 3.63) is 65.3 Å². The van der Waals surface area contributed by atoms with Crippen molar-refractivity contribution in [3.63, 3.8) is 0 Å². The van der Waals surface area contributed by atoms with Crippen molar-refractivity contribution in [2.75, 3.05) is 0 Å². The molecule has 0 aliphatic heterocycles. The molecule has 1 rings (SSSR count). The molecule has 0 aliphatic rings. The van der Waals surface area contributed by atoms with E-state index in [1.54, 1.807) is 0 Å². The minimum Gasteiger partial charge on any atom is -0.0988 e.